The van der Waals surface area contributed by atoms with Crippen molar-refractivity contribution in [1.82, 2.24) is 40.3 Å². The number of aryl methyl sites for hydroxylation is 1. The summed E-state index contributed by atoms with van der Waals surface area (Å²) in [5.74, 6) is 2.27. The zero-order valence-corrected chi connectivity index (χ0v) is 15.7. The van der Waals surface area contributed by atoms with Gasteiger partial charge in [0.05, 0.1) is 12.8 Å². The Bertz CT molecular complexity index is 953. The normalized spacial score (nSPS) is 16.8. The number of likely N-dealkylation sites (tertiary alicyclic amines) is 1. The molecule has 0 saturated carbocycles. The number of methoxy groups -OCH3 is 1. The molecule has 2 amide bonds. The largest absolute Gasteiger partial charge is 0.497 e. The average Bonchev–Trinajstić information content (AvgIpc) is 3.40. The number of aromatic amines is 1. The molecule has 2 aromatic heterocycles. The van der Waals surface area contributed by atoms with E-state index in [1.54, 1.807) is 30.2 Å². The van der Waals surface area contributed by atoms with E-state index in [1.807, 2.05) is 6.92 Å². The van der Waals surface area contributed by atoms with Crippen LogP contribution in [0.15, 0.2) is 24.5 Å². The summed E-state index contributed by atoms with van der Waals surface area (Å²) in [4.78, 5) is 19.0. The standard InChI is InChI=1S/C17H21N9O2/c1-11-19-16(22-21-11)12-4-3-5-25(9-12)17(27)20-13-6-14(8-15(7-13)28-2)26-10-18-23-24-26/h6-8,10,12H,3-5,9H2,1-2H3,(H,20,27)(H,19,21,22). The van der Waals surface area contributed by atoms with Gasteiger partial charge in [0.1, 0.15) is 17.9 Å². The Morgan fingerprint density at radius 3 is 2.96 bits per heavy atom. The number of rotatable bonds is 4. The predicted octanol–water partition coefficient (Wildman–Crippen LogP) is 1.51. The first-order chi connectivity index (χ1) is 13.6. The van der Waals surface area contributed by atoms with Gasteiger partial charge < -0.3 is 15.0 Å². The van der Waals surface area contributed by atoms with E-state index in [4.69, 9.17) is 4.74 Å². The molecule has 0 spiro atoms. The minimum Gasteiger partial charge on any atom is -0.497 e. The van der Waals surface area contributed by atoms with Crippen molar-refractivity contribution in [2.75, 3.05) is 25.5 Å². The van der Waals surface area contributed by atoms with Crippen molar-refractivity contribution in [3.63, 3.8) is 0 Å². The van der Waals surface area contributed by atoms with Gasteiger partial charge in [0.2, 0.25) is 0 Å². The minimum atomic E-state index is -0.173. The summed E-state index contributed by atoms with van der Waals surface area (Å²) in [6.45, 7) is 3.14. The van der Waals surface area contributed by atoms with Crippen LogP contribution in [0.4, 0.5) is 10.5 Å². The highest BCUT2D eigenvalue weighted by Gasteiger charge is 2.27. The molecule has 2 N–H and O–H groups in total. The number of H-pyrrole nitrogens is 1. The number of amides is 2. The van der Waals surface area contributed by atoms with Gasteiger partial charge in [0.25, 0.3) is 0 Å². The van der Waals surface area contributed by atoms with Crippen LogP contribution in [0.25, 0.3) is 5.69 Å². The number of ether oxygens (including phenoxy) is 1. The smallest absolute Gasteiger partial charge is 0.321 e. The van der Waals surface area contributed by atoms with Crippen LogP contribution in [0.2, 0.25) is 0 Å². The summed E-state index contributed by atoms with van der Waals surface area (Å²) in [7, 11) is 1.57. The van der Waals surface area contributed by atoms with Crippen LogP contribution >= 0.6 is 0 Å². The summed E-state index contributed by atoms with van der Waals surface area (Å²) in [5, 5.41) is 21.2. The number of hydrogen-bond acceptors (Lipinski definition) is 7. The van der Waals surface area contributed by atoms with E-state index in [0.717, 1.165) is 24.5 Å². The molecule has 0 radical (unpaired) electrons. The van der Waals surface area contributed by atoms with E-state index in [9.17, 15) is 4.79 Å². The number of anilines is 1. The van der Waals surface area contributed by atoms with E-state index in [1.165, 1.54) is 11.0 Å². The van der Waals surface area contributed by atoms with Crippen LogP contribution in [0.1, 0.15) is 30.4 Å². The maximum absolute atomic E-state index is 12.8. The zero-order chi connectivity index (χ0) is 19.5. The van der Waals surface area contributed by atoms with Crippen molar-refractivity contribution < 1.29 is 9.53 Å². The van der Waals surface area contributed by atoms with Gasteiger partial charge in [-0.3, -0.25) is 5.10 Å². The van der Waals surface area contributed by atoms with Crippen LogP contribution < -0.4 is 10.1 Å². The van der Waals surface area contributed by atoms with Gasteiger partial charge in [-0.25, -0.2) is 14.5 Å². The lowest BCUT2D eigenvalue weighted by Crippen LogP contribution is -2.41. The lowest BCUT2D eigenvalue weighted by molar-refractivity contribution is 0.191. The molecule has 11 heteroatoms. The lowest BCUT2D eigenvalue weighted by Gasteiger charge is -2.31. The third-order valence-electron chi connectivity index (χ3n) is 4.68. The van der Waals surface area contributed by atoms with Crippen molar-refractivity contribution in [2.45, 2.75) is 25.7 Å². The van der Waals surface area contributed by atoms with Crippen molar-refractivity contribution >= 4 is 11.7 Å². The highest BCUT2D eigenvalue weighted by molar-refractivity contribution is 5.90. The minimum absolute atomic E-state index is 0.131. The average molecular weight is 383 g/mol. The molecule has 0 aliphatic carbocycles. The molecule has 1 fully saturated rings. The number of carbonyl (C=O) groups is 1. The maximum Gasteiger partial charge on any atom is 0.321 e. The quantitative estimate of drug-likeness (QED) is 0.699. The maximum atomic E-state index is 12.8. The fourth-order valence-electron chi connectivity index (χ4n) is 3.30. The van der Waals surface area contributed by atoms with Gasteiger partial charge in [-0.05, 0) is 36.3 Å². The van der Waals surface area contributed by atoms with Crippen LogP contribution in [-0.4, -0.2) is 66.5 Å². The zero-order valence-electron chi connectivity index (χ0n) is 15.7. The number of nitrogens with zero attached hydrogens (tertiary/aromatic N) is 7. The van der Waals surface area contributed by atoms with Gasteiger partial charge in [-0.1, -0.05) is 0 Å². The summed E-state index contributed by atoms with van der Waals surface area (Å²) in [5.41, 5.74) is 1.29. The first-order valence-corrected chi connectivity index (χ1v) is 8.99. The van der Waals surface area contributed by atoms with Gasteiger partial charge in [-0.2, -0.15) is 5.10 Å². The molecule has 4 rings (SSSR count). The summed E-state index contributed by atoms with van der Waals surface area (Å²) >= 11 is 0. The fourth-order valence-corrected chi connectivity index (χ4v) is 3.30. The Hall–Kier alpha value is -3.50. The molecule has 1 saturated heterocycles. The fraction of sp³-hybridized carbons (Fsp3) is 0.412. The van der Waals surface area contributed by atoms with Crippen molar-refractivity contribution in [3.05, 3.63) is 36.2 Å². The molecule has 11 nitrogen and oxygen atoms in total. The molecule has 146 valence electrons. The summed E-state index contributed by atoms with van der Waals surface area (Å²) in [6, 6.07) is 5.16. The van der Waals surface area contributed by atoms with Gasteiger partial charge in [0.15, 0.2) is 5.82 Å². The predicted molar refractivity (Wildman–Crippen MR) is 99.4 cm³/mol. The molecule has 28 heavy (non-hydrogen) atoms. The Morgan fingerprint density at radius 2 is 2.25 bits per heavy atom. The molecule has 1 aliphatic rings. The number of aromatic nitrogens is 7. The topological polar surface area (TPSA) is 127 Å². The summed E-state index contributed by atoms with van der Waals surface area (Å²) in [6.07, 6.45) is 3.35. The van der Waals surface area contributed by atoms with Crippen LogP contribution in [-0.2, 0) is 0 Å². The highest BCUT2D eigenvalue weighted by atomic mass is 16.5. The highest BCUT2D eigenvalue weighted by Crippen LogP contribution is 2.26. The van der Waals surface area contributed by atoms with Crippen molar-refractivity contribution in [3.8, 4) is 11.4 Å². The van der Waals surface area contributed by atoms with E-state index < -0.39 is 0 Å². The van der Waals surface area contributed by atoms with E-state index in [-0.39, 0.29) is 11.9 Å². The van der Waals surface area contributed by atoms with Gasteiger partial charge in [-0.15, -0.1) is 5.10 Å². The number of nitrogens with one attached hydrogen (secondary N) is 2. The van der Waals surface area contributed by atoms with Crippen LogP contribution in [0.3, 0.4) is 0 Å². The van der Waals surface area contributed by atoms with E-state index in [0.29, 0.717) is 30.2 Å². The van der Waals surface area contributed by atoms with Gasteiger partial charge in [0, 0.05) is 36.8 Å². The number of urea groups is 1. The first kappa shape index (κ1) is 17.9. The van der Waals surface area contributed by atoms with Crippen LogP contribution in [0, 0.1) is 6.92 Å². The second kappa shape index (κ2) is 7.62. The second-order valence-corrected chi connectivity index (χ2v) is 6.67. The molecule has 1 aliphatic heterocycles. The molecular weight excluding hydrogens is 362 g/mol. The molecule has 1 aromatic carbocycles. The Morgan fingerprint density at radius 1 is 1.36 bits per heavy atom. The van der Waals surface area contributed by atoms with E-state index in [2.05, 4.69) is 36.0 Å². The first-order valence-electron chi connectivity index (χ1n) is 8.99. The third-order valence-corrected chi connectivity index (χ3v) is 4.68. The van der Waals surface area contributed by atoms with Crippen molar-refractivity contribution in [2.24, 2.45) is 0 Å². The van der Waals surface area contributed by atoms with Crippen LogP contribution in [0.5, 0.6) is 5.75 Å². The number of piperidine rings is 1. The number of benzene rings is 1. The molecule has 3 heterocycles. The van der Waals surface area contributed by atoms with E-state index >= 15 is 0 Å². The molecule has 1 atom stereocenters. The molecule has 3 aromatic rings. The second-order valence-electron chi connectivity index (χ2n) is 6.67. The van der Waals surface area contributed by atoms with Gasteiger partial charge >= 0.3 is 6.03 Å². The Labute approximate surface area is 161 Å². The molecule has 0 bridgehead atoms. The number of hydrogen-bond donors (Lipinski definition) is 2. The monoisotopic (exact) mass is 383 g/mol. The lowest BCUT2D eigenvalue weighted by atomic mass is 9.98. The van der Waals surface area contributed by atoms with Crippen molar-refractivity contribution in [1.29, 1.82) is 0 Å². The SMILES string of the molecule is COc1cc(NC(=O)N2CCCC(c3n[nH]c(C)n3)C2)cc(-n2cnnn2)c1. The molecule has 1 unspecified atom stereocenters. The Kier molecular flexibility index (Phi) is 4.87. The number of carbonyl (C=O) groups excluding carboxylic acids is 1. The third kappa shape index (κ3) is 3.77. The Balaban J connectivity index is 1.49. The number of tetrazole rings is 1. The molecular formula is C17H21N9O2. The summed E-state index contributed by atoms with van der Waals surface area (Å²) < 4.78 is 6.83.